The average molecular weight is 618 g/mol. The first-order valence-corrected chi connectivity index (χ1v) is 15.9. The zero-order valence-corrected chi connectivity index (χ0v) is 27.4. The van der Waals surface area contributed by atoms with Crippen LogP contribution >= 0.6 is 11.3 Å². The molecule has 6 nitrogen and oxygen atoms in total. The number of rotatable bonds is 8. The van der Waals surface area contributed by atoms with E-state index in [-0.39, 0.29) is 23.2 Å². The summed E-state index contributed by atoms with van der Waals surface area (Å²) in [4.78, 5) is 35.5. The summed E-state index contributed by atoms with van der Waals surface area (Å²) in [5.41, 5.74) is 7.26. The van der Waals surface area contributed by atoms with Gasteiger partial charge in [-0.25, -0.2) is 14.8 Å². The van der Waals surface area contributed by atoms with Gasteiger partial charge in [0.15, 0.2) is 5.82 Å². The van der Waals surface area contributed by atoms with Crippen molar-refractivity contribution in [2.75, 3.05) is 0 Å². The normalized spacial score (nSPS) is 12.5. The van der Waals surface area contributed by atoms with Crippen molar-refractivity contribution in [3.63, 3.8) is 0 Å². The number of carboxylic acid groups (broad SMARTS) is 1. The summed E-state index contributed by atoms with van der Waals surface area (Å²) in [6.07, 6.45) is 3.79. The highest BCUT2D eigenvalue weighted by molar-refractivity contribution is 7.14. The van der Waals surface area contributed by atoms with Gasteiger partial charge in [-0.15, -0.1) is 11.3 Å². The first-order valence-electron chi connectivity index (χ1n) is 15.0. The molecule has 5 rings (SSSR count). The van der Waals surface area contributed by atoms with Gasteiger partial charge in [0.2, 0.25) is 0 Å². The zero-order chi connectivity index (χ0) is 32.4. The summed E-state index contributed by atoms with van der Waals surface area (Å²) >= 11 is 1.39. The number of nitrogens with one attached hydrogen (secondary N) is 1. The van der Waals surface area contributed by atoms with Gasteiger partial charge in [0, 0.05) is 34.8 Å². The monoisotopic (exact) mass is 617 g/mol. The third-order valence-corrected chi connectivity index (χ3v) is 9.29. The maximum atomic E-state index is 12.8. The third kappa shape index (κ3) is 7.73. The van der Waals surface area contributed by atoms with E-state index in [1.807, 2.05) is 42.7 Å². The van der Waals surface area contributed by atoms with Crippen molar-refractivity contribution < 1.29 is 14.7 Å². The minimum Gasteiger partial charge on any atom is -0.480 e. The van der Waals surface area contributed by atoms with Gasteiger partial charge in [-0.2, -0.15) is 0 Å². The second kappa shape index (κ2) is 12.8. The Morgan fingerprint density at radius 1 is 0.689 bits per heavy atom. The number of carboxylic acids is 1. The van der Waals surface area contributed by atoms with Crippen molar-refractivity contribution in [2.24, 2.45) is 0 Å². The van der Waals surface area contributed by atoms with Gasteiger partial charge >= 0.3 is 5.97 Å². The summed E-state index contributed by atoms with van der Waals surface area (Å²) in [6, 6.07) is 27.2. The molecule has 0 radical (unpaired) electrons. The quantitative estimate of drug-likeness (QED) is 0.182. The Morgan fingerprint density at radius 3 is 1.69 bits per heavy atom. The summed E-state index contributed by atoms with van der Waals surface area (Å²) < 4.78 is 0. The summed E-state index contributed by atoms with van der Waals surface area (Å²) in [5.74, 6) is -0.876. The lowest BCUT2D eigenvalue weighted by Crippen LogP contribution is -2.42. The smallest absolute Gasteiger partial charge is 0.326 e. The molecule has 0 spiro atoms. The zero-order valence-electron chi connectivity index (χ0n) is 26.6. The second-order valence-electron chi connectivity index (χ2n) is 13.4. The minimum absolute atomic E-state index is 0.0768. The highest BCUT2D eigenvalue weighted by Gasteiger charge is 2.24. The molecule has 45 heavy (non-hydrogen) atoms. The summed E-state index contributed by atoms with van der Waals surface area (Å²) in [5, 5.41) is 12.5. The Hall–Kier alpha value is -4.62. The maximum absolute atomic E-state index is 12.8. The molecule has 0 saturated carbocycles. The van der Waals surface area contributed by atoms with E-state index in [2.05, 4.69) is 105 Å². The number of carbonyl (C=O) groups excluding carboxylic acids is 1. The molecule has 2 N–H and O–H groups in total. The maximum Gasteiger partial charge on any atom is 0.326 e. The number of aliphatic carboxylic acids is 1. The van der Waals surface area contributed by atoms with Crippen molar-refractivity contribution in [1.82, 2.24) is 15.3 Å². The molecule has 0 bridgehead atoms. The van der Waals surface area contributed by atoms with Gasteiger partial charge in [0.05, 0.1) is 4.88 Å². The van der Waals surface area contributed by atoms with Gasteiger partial charge in [0.1, 0.15) is 6.04 Å². The molecule has 0 aliphatic heterocycles. The standard InChI is InChI=1S/C38H39N3O3S/c1-37(2,3)30-17-15-26(16-18-30)25-11-13-27(14-12-25)29-22-39-34(40-23-29)28-9-7-24(8-10-28)21-31(36(43)44)41-35(42)32-19-20-33(45-32)38(4,5)6/h7-20,22-23,31H,21H2,1-6H3,(H,41,42)(H,43,44)/t31-/m0/s1. The van der Waals surface area contributed by atoms with Crippen LogP contribution in [0.25, 0.3) is 33.6 Å². The lowest BCUT2D eigenvalue weighted by atomic mass is 9.86. The fraction of sp³-hybridized carbons (Fsp3) is 0.263. The molecule has 0 aliphatic carbocycles. The summed E-state index contributed by atoms with van der Waals surface area (Å²) in [7, 11) is 0. The third-order valence-electron chi connectivity index (χ3n) is 7.78. The van der Waals surface area contributed by atoms with Crippen LogP contribution in [0.3, 0.4) is 0 Å². The Labute approximate surface area is 269 Å². The van der Waals surface area contributed by atoms with Gasteiger partial charge in [-0.1, -0.05) is 114 Å². The SMILES string of the molecule is CC(C)(C)c1ccc(-c2ccc(-c3cnc(-c4ccc(C[C@H](NC(=O)c5ccc(C(C)(C)C)s5)C(=O)O)cc4)nc3)cc2)cc1. The first-order chi connectivity index (χ1) is 21.3. The molecule has 0 unspecified atom stereocenters. The number of aromatic nitrogens is 2. The highest BCUT2D eigenvalue weighted by atomic mass is 32.1. The van der Waals surface area contributed by atoms with Crippen LogP contribution in [0, 0.1) is 0 Å². The minimum atomic E-state index is -1.08. The molecule has 230 valence electrons. The van der Waals surface area contributed by atoms with E-state index in [0.29, 0.717) is 10.7 Å². The molecule has 0 fully saturated rings. The number of thiophene rings is 1. The van der Waals surface area contributed by atoms with Crippen molar-refractivity contribution >= 4 is 23.2 Å². The van der Waals surface area contributed by atoms with Crippen LogP contribution in [0.1, 0.15) is 67.2 Å². The van der Waals surface area contributed by atoms with E-state index in [0.717, 1.165) is 32.7 Å². The Balaban J connectivity index is 1.22. The molecule has 5 aromatic rings. The molecule has 3 aromatic carbocycles. The Morgan fingerprint density at radius 2 is 1.20 bits per heavy atom. The molecule has 0 saturated heterocycles. The largest absolute Gasteiger partial charge is 0.480 e. The average Bonchev–Trinajstić information content (AvgIpc) is 3.53. The molecular weight excluding hydrogens is 579 g/mol. The van der Waals surface area contributed by atoms with Crippen molar-refractivity contribution in [3.05, 3.63) is 118 Å². The predicted octanol–water partition coefficient (Wildman–Crippen LogP) is 8.56. The first kappa shape index (κ1) is 31.8. The number of carbonyl (C=O) groups is 2. The lowest BCUT2D eigenvalue weighted by Gasteiger charge is -2.19. The van der Waals surface area contributed by atoms with E-state index in [1.54, 1.807) is 6.07 Å². The molecular formula is C38H39N3O3S. The molecule has 7 heteroatoms. The Kier molecular flexibility index (Phi) is 9.03. The number of benzene rings is 3. The number of hydrogen-bond donors (Lipinski definition) is 2. The summed E-state index contributed by atoms with van der Waals surface area (Å²) in [6.45, 7) is 12.9. The van der Waals surface area contributed by atoms with Crippen LogP contribution < -0.4 is 5.32 Å². The lowest BCUT2D eigenvalue weighted by molar-refractivity contribution is -0.139. The van der Waals surface area contributed by atoms with Crippen LogP contribution in [0.2, 0.25) is 0 Å². The molecule has 0 aliphatic rings. The molecule has 1 atom stereocenters. The second-order valence-corrected chi connectivity index (χ2v) is 14.5. The Bertz CT molecular complexity index is 1780. The fourth-order valence-corrected chi connectivity index (χ4v) is 5.93. The molecule has 2 aromatic heterocycles. The molecule has 2 heterocycles. The van der Waals surface area contributed by atoms with Gasteiger partial charge < -0.3 is 10.4 Å². The van der Waals surface area contributed by atoms with Gasteiger partial charge in [-0.05, 0) is 50.8 Å². The van der Waals surface area contributed by atoms with Gasteiger partial charge in [0.25, 0.3) is 5.91 Å². The predicted molar refractivity (Wildman–Crippen MR) is 183 cm³/mol. The van der Waals surface area contributed by atoms with Crippen LogP contribution in [-0.2, 0) is 22.0 Å². The van der Waals surface area contributed by atoms with Crippen molar-refractivity contribution in [1.29, 1.82) is 0 Å². The highest BCUT2D eigenvalue weighted by Crippen LogP contribution is 2.30. The topological polar surface area (TPSA) is 92.2 Å². The van der Waals surface area contributed by atoms with E-state index >= 15 is 0 Å². The van der Waals surface area contributed by atoms with Crippen LogP contribution in [-0.4, -0.2) is 33.0 Å². The molecule has 1 amide bonds. The van der Waals surface area contributed by atoms with Crippen LogP contribution in [0.15, 0.2) is 97.3 Å². The fourth-order valence-electron chi connectivity index (χ4n) is 4.96. The van der Waals surface area contributed by atoms with Crippen molar-refractivity contribution in [2.45, 2.75) is 64.8 Å². The van der Waals surface area contributed by atoms with Gasteiger partial charge in [-0.3, -0.25) is 4.79 Å². The number of amides is 1. The number of nitrogens with zero attached hydrogens (tertiary/aromatic N) is 2. The van der Waals surface area contributed by atoms with Crippen molar-refractivity contribution in [3.8, 4) is 33.6 Å². The van der Waals surface area contributed by atoms with Crippen LogP contribution in [0.5, 0.6) is 0 Å². The number of hydrogen-bond acceptors (Lipinski definition) is 5. The van der Waals surface area contributed by atoms with E-state index in [4.69, 9.17) is 0 Å². The van der Waals surface area contributed by atoms with Crippen LogP contribution in [0.4, 0.5) is 0 Å². The van der Waals surface area contributed by atoms with E-state index in [1.165, 1.54) is 22.5 Å². The van der Waals surface area contributed by atoms with E-state index in [9.17, 15) is 14.7 Å². The van der Waals surface area contributed by atoms with E-state index < -0.39 is 12.0 Å².